The van der Waals surface area contributed by atoms with E-state index in [4.69, 9.17) is 4.42 Å². The summed E-state index contributed by atoms with van der Waals surface area (Å²) < 4.78 is 5.87. The van der Waals surface area contributed by atoms with Gasteiger partial charge in [0.05, 0.1) is 11.8 Å². The summed E-state index contributed by atoms with van der Waals surface area (Å²) in [4.78, 5) is 23.7. The highest BCUT2D eigenvalue weighted by Gasteiger charge is 2.21. The van der Waals surface area contributed by atoms with Crippen molar-refractivity contribution in [1.29, 1.82) is 0 Å². The number of hydrogen-bond donors (Lipinski definition) is 2. The van der Waals surface area contributed by atoms with Crippen molar-refractivity contribution in [3.63, 3.8) is 0 Å². The molecule has 1 aromatic carbocycles. The minimum absolute atomic E-state index is 0.0901. The molecule has 0 spiro atoms. The molecule has 0 bridgehead atoms. The van der Waals surface area contributed by atoms with Crippen LogP contribution in [0.3, 0.4) is 0 Å². The van der Waals surface area contributed by atoms with Crippen LogP contribution in [0.2, 0.25) is 0 Å². The molecule has 6 heteroatoms. The lowest BCUT2D eigenvalue weighted by Crippen LogP contribution is -2.38. The van der Waals surface area contributed by atoms with E-state index in [1.165, 1.54) is 12.5 Å². The number of hydrogen-bond acceptors (Lipinski definition) is 3. The Hall–Kier alpha value is -2.08. The average Bonchev–Trinajstić information content (AvgIpc) is 3.08. The van der Waals surface area contributed by atoms with Crippen LogP contribution in [-0.2, 0) is 10.2 Å². The van der Waals surface area contributed by atoms with E-state index in [1.54, 1.807) is 6.07 Å². The van der Waals surface area contributed by atoms with Crippen molar-refractivity contribution < 1.29 is 14.0 Å². The van der Waals surface area contributed by atoms with Gasteiger partial charge in [0.2, 0.25) is 5.91 Å². The minimum Gasteiger partial charge on any atom is -0.472 e. The summed E-state index contributed by atoms with van der Waals surface area (Å²) in [6.45, 7) is 4.98. The van der Waals surface area contributed by atoms with Gasteiger partial charge < -0.3 is 15.1 Å². The number of halogens is 1. The Kier molecular flexibility index (Phi) is 6.20. The molecule has 128 valence electrons. The van der Waals surface area contributed by atoms with E-state index < -0.39 is 0 Å². The van der Waals surface area contributed by atoms with E-state index in [0.717, 1.165) is 10.0 Å². The quantitative estimate of drug-likeness (QED) is 0.759. The molecule has 0 aliphatic rings. The largest absolute Gasteiger partial charge is 0.472 e. The standard InChI is InChI=1S/C18H21BrN2O3/c1-18(2,14-3-5-15(19)6-4-14)12-21-16(22)7-9-20-17(23)13-8-10-24-11-13/h3-6,8,10-11H,7,9,12H2,1-2H3,(H,20,23)(H,21,22). The first-order chi connectivity index (χ1) is 11.4. The van der Waals surface area contributed by atoms with Crippen molar-refractivity contribution >= 4 is 27.7 Å². The minimum atomic E-state index is -0.244. The number of carbonyl (C=O) groups is 2. The number of amides is 2. The maximum absolute atomic E-state index is 12.0. The topological polar surface area (TPSA) is 71.3 Å². The second-order valence-corrected chi connectivity index (χ2v) is 7.10. The predicted molar refractivity (Wildman–Crippen MR) is 95.8 cm³/mol. The van der Waals surface area contributed by atoms with Gasteiger partial charge in [0.1, 0.15) is 6.26 Å². The molecule has 2 amide bonds. The van der Waals surface area contributed by atoms with Gasteiger partial charge in [-0.3, -0.25) is 9.59 Å². The monoisotopic (exact) mass is 392 g/mol. The fraction of sp³-hybridized carbons (Fsp3) is 0.333. The number of furan rings is 1. The zero-order valence-corrected chi connectivity index (χ0v) is 15.4. The molecule has 1 aromatic heterocycles. The Morgan fingerprint density at radius 1 is 1.12 bits per heavy atom. The van der Waals surface area contributed by atoms with Gasteiger partial charge in [0.25, 0.3) is 5.91 Å². The highest BCUT2D eigenvalue weighted by atomic mass is 79.9. The molecule has 24 heavy (non-hydrogen) atoms. The van der Waals surface area contributed by atoms with E-state index in [-0.39, 0.29) is 30.2 Å². The van der Waals surface area contributed by atoms with Crippen molar-refractivity contribution in [2.24, 2.45) is 0 Å². The van der Waals surface area contributed by atoms with Crippen LogP contribution in [-0.4, -0.2) is 24.9 Å². The highest BCUT2D eigenvalue weighted by Crippen LogP contribution is 2.24. The Labute approximate surface area is 149 Å². The van der Waals surface area contributed by atoms with E-state index in [9.17, 15) is 9.59 Å². The van der Waals surface area contributed by atoms with Crippen LogP contribution in [0.25, 0.3) is 0 Å². The van der Waals surface area contributed by atoms with Crippen molar-refractivity contribution in [2.75, 3.05) is 13.1 Å². The normalized spacial score (nSPS) is 11.1. The van der Waals surface area contributed by atoms with Crippen LogP contribution in [0.15, 0.2) is 51.7 Å². The first-order valence-electron chi connectivity index (χ1n) is 7.71. The summed E-state index contributed by atoms with van der Waals surface area (Å²) in [6, 6.07) is 9.65. The molecule has 0 unspecified atom stereocenters. The van der Waals surface area contributed by atoms with Crippen LogP contribution in [0, 0.1) is 0 Å². The van der Waals surface area contributed by atoms with Gasteiger partial charge >= 0.3 is 0 Å². The fourth-order valence-electron chi connectivity index (χ4n) is 2.20. The van der Waals surface area contributed by atoms with Crippen LogP contribution in [0.5, 0.6) is 0 Å². The zero-order valence-electron chi connectivity index (χ0n) is 13.8. The third-order valence-corrected chi connectivity index (χ3v) is 4.30. The first-order valence-corrected chi connectivity index (χ1v) is 8.51. The van der Waals surface area contributed by atoms with Crippen LogP contribution in [0.1, 0.15) is 36.2 Å². The van der Waals surface area contributed by atoms with Crippen LogP contribution < -0.4 is 10.6 Å². The van der Waals surface area contributed by atoms with E-state index >= 15 is 0 Å². The van der Waals surface area contributed by atoms with E-state index in [1.807, 2.05) is 24.3 Å². The third kappa shape index (κ3) is 5.23. The SMILES string of the molecule is CC(C)(CNC(=O)CCNC(=O)c1ccoc1)c1ccc(Br)cc1. The first kappa shape index (κ1) is 18.3. The second-order valence-electron chi connectivity index (χ2n) is 6.19. The molecular formula is C18H21BrN2O3. The smallest absolute Gasteiger partial charge is 0.254 e. The second kappa shape index (κ2) is 8.15. The van der Waals surface area contributed by atoms with Gasteiger partial charge in [-0.15, -0.1) is 0 Å². The molecule has 0 saturated carbocycles. The molecule has 0 aliphatic heterocycles. The molecule has 0 atom stereocenters. The summed E-state index contributed by atoms with van der Waals surface area (Å²) in [7, 11) is 0. The van der Waals surface area contributed by atoms with Gasteiger partial charge in [-0.2, -0.15) is 0 Å². The average molecular weight is 393 g/mol. The number of rotatable bonds is 7. The van der Waals surface area contributed by atoms with E-state index in [2.05, 4.69) is 40.4 Å². The van der Waals surface area contributed by atoms with E-state index in [0.29, 0.717) is 12.1 Å². The van der Waals surface area contributed by atoms with Crippen molar-refractivity contribution in [3.8, 4) is 0 Å². The van der Waals surface area contributed by atoms with Gasteiger partial charge in [-0.1, -0.05) is 41.9 Å². The molecule has 2 aromatic rings. The number of nitrogens with one attached hydrogen (secondary N) is 2. The lowest BCUT2D eigenvalue weighted by Gasteiger charge is -2.25. The molecule has 1 heterocycles. The van der Waals surface area contributed by atoms with Crippen LogP contribution in [0.4, 0.5) is 0 Å². The molecular weight excluding hydrogens is 372 g/mol. The molecule has 2 rings (SSSR count). The maximum atomic E-state index is 12.0. The lowest BCUT2D eigenvalue weighted by atomic mass is 9.84. The van der Waals surface area contributed by atoms with Crippen molar-refractivity contribution in [2.45, 2.75) is 25.7 Å². The molecule has 0 aliphatic carbocycles. The van der Waals surface area contributed by atoms with Crippen molar-refractivity contribution in [1.82, 2.24) is 10.6 Å². The van der Waals surface area contributed by atoms with Gasteiger partial charge in [0, 0.05) is 29.4 Å². The summed E-state index contributed by atoms with van der Waals surface area (Å²) in [5.41, 5.74) is 1.43. The molecule has 5 nitrogen and oxygen atoms in total. The summed E-state index contributed by atoms with van der Waals surface area (Å²) in [6.07, 6.45) is 3.04. The molecule has 0 fully saturated rings. The summed E-state index contributed by atoms with van der Waals surface area (Å²) in [5.74, 6) is -0.334. The zero-order chi connectivity index (χ0) is 17.6. The van der Waals surface area contributed by atoms with Gasteiger partial charge in [-0.25, -0.2) is 0 Å². The summed E-state index contributed by atoms with van der Waals surface area (Å²) >= 11 is 3.42. The number of benzene rings is 1. The number of carbonyl (C=O) groups excluding carboxylic acids is 2. The molecule has 0 radical (unpaired) electrons. The Morgan fingerprint density at radius 2 is 1.83 bits per heavy atom. The Morgan fingerprint density at radius 3 is 2.46 bits per heavy atom. The Balaban J connectivity index is 1.74. The lowest BCUT2D eigenvalue weighted by molar-refractivity contribution is -0.121. The summed E-state index contributed by atoms with van der Waals surface area (Å²) in [5, 5.41) is 5.61. The fourth-order valence-corrected chi connectivity index (χ4v) is 2.46. The van der Waals surface area contributed by atoms with Gasteiger partial charge in [0.15, 0.2) is 0 Å². The predicted octanol–water partition coefficient (Wildman–Crippen LogP) is 3.26. The Bertz CT molecular complexity index is 679. The third-order valence-electron chi connectivity index (χ3n) is 3.77. The highest BCUT2D eigenvalue weighted by molar-refractivity contribution is 9.10. The molecule has 2 N–H and O–H groups in total. The van der Waals surface area contributed by atoms with Gasteiger partial charge in [-0.05, 0) is 23.8 Å². The maximum Gasteiger partial charge on any atom is 0.254 e. The van der Waals surface area contributed by atoms with Crippen LogP contribution >= 0.6 is 15.9 Å². The molecule has 0 saturated heterocycles. The van der Waals surface area contributed by atoms with Crippen molar-refractivity contribution in [3.05, 3.63) is 58.5 Å².